The van der Waals surface area contributed by atoms with Crippen molar-refractivity contribution in [3.63, 3.8) is 0 Å². The molecule has 4 nitrogen and oxygen atoms in total. The summed E-state index contributed by atoms with van der Waals surface area (Å²) in [4.78, 5) is 10.0. The number of hydrogen-bond donors (Lipinski definition) is 2. The summed E-state index contributed by atoms with van der Waals surface area (Å²) >= 11 is 7.97. The number of anilines is 1. The van der Waals surface area contributed by atoms with E-state index in [1.54, 1.807) is 36.6 Å². The van der Waals surface area contributed by atoms with Crippen LogP contribution in [-0.4, -0.2) is 15.1 Å². The van der Waals surface area contributed by atoms with Crippen LogP contribution in [0.3, 0.4) is 0 Å². The minimum Gasteiger partial charge on any atom is -0.389 e. The number of aromatic nitrogens is 2. The van der Waals surface area contributed by atoms with Crippen LogP contribution in [-0.2, 0) is 6.42 Å². The molecule has 1 unspecified atom stereocenters. The van der Waals surface area contributed by atoms with E-state index in [0.29, 0.717) is 17.3 Å². The number of rotatable bonds is 4. The van der Waals surface area contributed by atoms with Gasteiger partial charge in [-0.1, -0.05) is 29.8 Å². The normalized spacial score (nSPS) is 12.4. The number of thiophene rings is 1. The van der Waals surface area contributed by atoms with Gasteiger partial charge in [0.1, 0.15) is 5.82 Å². The third-order valence-corrected chi connectivity index (χ3v) is 5.95. The van der Waals surface area contributed by atoms with Crippen molar-refractivity contribution in [2.24, 2.45) is 0 Å². The van der Waals surface area contributed by atoms with E-state index in [4.69, 9.17) is 17.3 Å². The van der Waals surface area contributed by atoms with Gasteiger partial charge in [0.2, 0.25) is 0 Å². The Bertz CT molecular complexity index is 1120. The number of hydrogen-bond acceptors (Lipinski definition) is 5. The molecule has 1 aromatic carbocycles. The molecular weight excluding hydrogens is 378 g/mol. The highest BCUT2D eigenvalue weighted by atomic mass is 35.5. The predicted molar refractivity (Wildman–Crippen MR) is 112 cm³/mol. The van der Waals surface area contributed by atoms with Gasteiger partial charge in [-0.05, 0) is 48.2 Å². The summed E-state index contributed by atoms with van der Waals surface area (Å²) in [6.07, 6.45) is 1.84. The maximum absolute atomic E-state index is 9.87. The van der Waals surface area contributed by atoms with Crippen molar-refractivity contribution in [3.05, 3.63) is 75.9 Å². The molecule has 3 aromatic heterocycles. The lowest BCUT2D eigenvalue weighted by molar-refractivity contribution is 0.199. The fourth-order valence-electron chi connectivity index (χ4n) is 3.05. The molecule has 3 heterocycles. The molecule has 0 radical (unpaired) electrons. The van der Waals surface area contributed by atoms with Crippen molar-refractivity contribution < 1.29 is 5.11 Å². The van der Waals surface area contributed by atoms with Gasteiger partial charge >= 0.3 is 0 Å². The molecule has 3 N–H and O–H groups in total. The predicted octanol–water partition coefficient (Wildman–Crippen LogP) is 5.24. The number of benzene rings is 1. The van der Waals surface area contributed by atoms with Gasteiger partial charge in [0.05, 0.1) is 22.5 Å². The molecule has 0 fully saturated rings. The Morgan fingerprint density at radius 1 is 1.19 bits per heavy atom. The molecule has 0 aliphatic heterocycles. The number of nitrogen functional groups attached to an aromatic ring is 1. The fourth-order valence-corrected chi connectivity index (χ4v) is 4.41. The second kappa shape index (κ2) is 7.27. The first-order valence-electron chi connectivity index (χ1n) is 8.58. The van der Waals surface area contributed by atoms with Gasteiger partial charge in [0.15, 0.2) is 0 Å². The van der Waals surface area contributed by atoms with Gasteiger partial charge in [-0.3, -0.25) is 4.98 Å². The maximum atomic E-state index is 9.87. The van der Waals surface area contributed by atoms with Gasteiger partial charge in [-0.15, -0.1) is 11.3 Å². The molecule has 0 saturated heterocycles. The molecule has 0 amide bonds. The van der Waals surface area contributed by atoms with Crippen LogP contribution in [0.4, 0.5) is 5.82 Å². The zero-order valence-corrected chi connectivity index (χ0v) is 16.3. The summed E-state index contributed by atoms with van der Waals surface area (Å²) < 4.78 is 1.16. The number of halogens is 1. The highest BCUT2D eigenvalue weighted by Crippen LogP contribution is 2.36. The van der Waals surface area contributed by atoms with E-state index in [2.05, 4.69) is 28.2 Å². The van der Waals surface area contributed by atoms with E-state index in [0.717, 1.165) is 37.5 Å². The summed E-state index contributed by atoms with van der Waals surface area (Å²) in [5, 5.41) is 11.6. The zero-order chi connectivity index (χ0) is 19.0. The number of nitrogens with two attached hydrogens (primary N) is 1. The molecular formula is C21H18ClN3OS. The average molecular weight is 396 g/mol. The fraction of sp³-hybridized carbons (Fsp3) is 0.143. The summed E-state index contributed by atoms with van der Waals surface area (Å²) in [5.74, 6) is 0.468. The van der Waals surface area contributed by atoms with E-state index in [1.807, 2.05) is 18.2 Å². The topological polar surface area (TPSA) is 72.0 Å². The number of pyridine rings is 2. The van der Waals surface area contributed by atoms with Crippen molar-refractivity contribution >= 4 is 38.8 Å². The van der Waals surface area contributed by atoms with Crippen molar-refractivity contribution in [2.45, 2.75) is 19.4 Å². The van der Waals surface area contributed by atoms with Crippen LogP contribution >= 0.6 is 22.9 Å². The minimum atomic E-state index is -0.526. The van der Waals surface area contributed by atoms with Crippen LogP contribution in [0.25, 0.3) is 21.3 Å². The van der Waals surface area contributed by atoms with Crippen LogP contribution in [0, 0.1) is 0 Å². The van der Waals surface area contributed by atoms with E-state index >= 15 is 0 Å². The van der Waals surface area contributed by atoms with Gasteiger partial charge in [-0.25, -0.2) is 4.98 Å². The van der Waals surface area contributed by atoms with Gasteiger partial charge in [0.25, 0.3) is 0 Å². The van der Waals surface area contributed by atoms with E-state index < -0.39 is 6.10 Å². The highest BCUT2D eigenvalue weighted by Gasteiger charge is 2.13. The second-order valence-electron chi connectivity index (χ2n) is 6.43. The average Bonchev–Trinajstić information content (AvgIpc) is 3.07. The van der Waals surface area contributed by atoms with Crippen molar-refractivity contribution in [3.8, 4) is 11.3 Å². The van der Waals surface area contributed by atoms with Crippen molar-refractivity contribution in [1.29, 1.82) is 0 Å². The van der Waals surface area contributed by atoms with Crippen LogP contribution in [0.15, 0.2) is 54.7 Å². The Hall–Kier alpha value is -2.47. The van der Waals surface area contributed by atoms with Gasteiger partial charge < -0.3 is 10.8 Å². The smallest absolute Gasteiger partial charge is 0.123 e. The summed E-state index contributed by atoms with van der Waals surface area (Å²) in [6.45, 7) is 1.76. The van der Waals surface area contributed by atoms with Crippen LogP contribution in [0.5, 0.6) is 0 Å². The lowest BCUT2D eigenvalue weighted by Crippen LogP contribution is -1.96. The van der Waals surface area contributed by atoms with Crippen LogP contribution in [0.1, 0.15) is 29.2 Å². The number of fused-ring (bicyclic) bond motifs is 1. The van der Waals surface area contributed by atoms with Crippen LogP contribution < -0.4 is 5.73 Å². The number of aliphatic hydroxyl groups excluding tert-OH is 1. The van der Waals surface area contributed by atoms with Crippen molar-refractivity contribution in [2.75, 3.05) is 5.73 Å². The lowest BCUT2D eigenvalue weighted by atomic mass is 10.1. The molecule has 0 spiro atoms. The first-order valence-corrected chi connectivity index (χ1v) is 9.77. The summed E-state index contributed by atoms with van der Waals surface area (Å²) in [5.41, 5.74) is 9.34. The van der Waals surface area contributed by atoms with Crippen LogP contribution in [0.2, 0.25) is 5.02 Å². The Morgan fingerprint density at radius 2 is 2.04 bits per heavy atom. The third-order valence-electron chi connectivity index (χ3n) is 4.42. The monoisotopic (exact) mass is 395 g/mol. The Labute approximate surface area is 166 Å². The Kier molecular flexibility index (Phi) is 4.83. The van der Waals surface area contributed by atoms with E-state index in [9.17, 15) is 5.11 Å². The molecule has 0 bridgehead atoms. The molecule has 0 aliphatic rings. The first kappa shape index (κ1) is 17.9. The zero-order valence-electron chi connectivity index (χ0n) is 14.7. The molecule has 4 rings (SSSR count). The Balaban J connectivity index is 1.76. The third kappa shape index (κ3) is 3.67. The van der Waals surface area contributed by atoms with E-state index in [1.165, 1.54) is 0 Å². The van der Waals surface area contributed by atoms with Gasteiger partial charge in [-0.2, -0.15) is 0 Å². The summed E-state index contributed by atoms with van der Waals surface area (Å²) in [6, 6.07) is 15.6. The minimum absolute atomic E-state index is 0.468. The lowest BCUT2D eigenvalue weighted by Gasteiger charge is -2.07. The molecule has 0 saturated carbocycles. The molecule has 4 aromatic rings. The number of aliphatic hydroxyl groups is 1. The highest BCUT2D eigenvalue weighted by molar-refractivity contribution is 7.19. The maximum Gasteiger partial charge on any atom is 0.123 e. The molecule has 1 atom stereocenters. The Morgan fingerprint density at radius 3 is 2.85 bits per heavy atom. The first-order chi connectivity index (χ1) is 13.0. The molecule has 6 heteroatoms. The standard InChI is InChI=1S/C21H18ClN3OS/c1-12(26)13-7-8-24-18(10-13)16-4-2-3-14-9-15(27-21(14)16)11-19-17(22)5-6-20(23)25-19/h2-10,12,26H,11H2,1H3,(H2,23,25). The van der Waals surface area contributed by atoms with Crippen molar-refractivity contribution in [1.82, 2.24) is 9.97 Å². The molecule has 136 valence electrons. The quantitative estimate of drug-likeness (QED) is 0.495. The summed E-state index contributed by atoms with van der Waals surface area (Å²) in [7, 11) is 0. The second-order valence-corrected chi connectivity index (χ2v) is 7.97. The number of nitrogens with zero attached hydrogens (tertiary/aromatic N) is 2. The largest absolute Gasteiger partial charge is 0.389 e. The SMILES string of the molecule is CC(O)c1ccnc(-c2cccc3cc(Cc4nc(N)ccc4Cl)sc23)c1. The van der Waals surface area contributed by atoms with E-state index in [-0.39, 0.29) is 0 Å². The van der Waals surface area contributed by atoms with Gasteiger partial charge in [0, 0.05) is 27.8 Å². The molecule has 27 heavy (non-hydrogen) atoms. The molecule has 0 aliphatic carbocycles.